The molecule has 0 fully saturated rings. The Labute approximate surface area is 232 Å². The van der Waals surface area contributed by atoms with Crippen LogP contribution in [0, 0.1) is 6.07 Å². The third kappa shape index (κ3) is 5.62. The van der Waals surface area contributed by atoms with Gasteiger partial charge in [0.05, 0.1) is 16.7 Å². The molecule has 0 N–H and O–H groups in total. The van der Waals surface area contributed by atoms with E-state index in [-0.39, 0.29) is 37.6 Å². The Hall–Kier alpha value is -3.70. The summed E-state index contributed by atoms with van der Waals surface area (Å²) in [6.45, 7) is 0. The van der Waals surface area contributed by atoms with Gasteiger partial charge in [-0.3, -0.25) is 0 Å². The number of nitrogens with zero attached hydrogens (tertiary/aromatic N) is 2. The molecule has 1 radical (unpaired) electrons. The van der Waals surface area contributed by atoms with Gasteiger partial charge in [-0.05, 0) is 34.4 Å². The summed E-state index contributed by atoms with van der Waals surface area (Å²) >= 11 is 0. The first-order valence-electron chi connectivity index (χ1n) is 11.0. The predicted octanol–water partition coefficient (Wildman–Crippen LogP) is 9.10. The van der Waals surface area contributed by atoms with E-state index in [1.165, 1.54) is 0 Å². The molecule has 0 aliphatic heterocycles. The van der Waals surface area contributed by atoms with E-state index in [0.717, 1.165) is 5.39 Å². The minimum atomic E-state index is -5.95. The van der Waals surface area contributed by atoms with Crippen LogP contribution < -0.4 is 4.74 Å². The second-order valence-electron chi connectivity index (χ2n) is 8.36. The molecule has 0 aliphatic carbocycles. The van der Waals surface area contributed by atoms with Crippen LogP contribution in [0.25, 0.3) is 32.8 Å². The van der Waals surface area contributed by atoms with Gasteiger partial charge < -0.3 is 4.74 Å². The Bertz CT molecular complexity index is 1660. The van der Waals surface area contributed by atoms with Gasteiger partial charge in [0.1, 0.15) is 5.75 Å². The molecule has 5 aromatic rings. The third-order valence-electron chi connectivity index (χ3n) is 5.80. The average Bonchev–Trinajstić information content (AvgIpc) is 2.86. The molecule has 0 atom stereocenters. The van der Waals surface area contributed by atoms with Gasteiger partial charge in [0.15, 0.2) is 0 Å². The maximum atomic E-state index is 13.6. The van der Waals surface area contributed by atoms with E-state index >= 15 is 0 Å². The van der Waals surface area contributed by atoms with Gasteiger partial charge in [0, 0.05) is 31.2 Å². The van der Waals surface area contributed by atoms with Crippen LogP contribution in [0.2, 0.25) is 0 Å². The van der Waals surface area contributed by atoms with Crippen molar-refractivity contribution in [1.82, 2.24) is 10.2 Å². The molecule has 209 valence electrons. The summed E-state index contributed by atoms with van der Waals surface area (Å²) in [6, 6.07) is 19.5. The minimum absolute atomic E-state index is 0. The number of aromatic nitrogens is 2. The monoisotopic (exact) mass is 744 g/mol. The molecule has 40 heavy (non-hydrogen) atoms. The van der Waals surface area contributed by atoms with Gasteiger partial charge in [0.25, 0.3) is 0 Å². The van der Waals surface area contributed by atoms with Crippen LogP contribution in [0.15, 0.2) is 72.8 Å². The molecule has 0 bridgehead atoms. The number of alkyl halides is 9. The van der Waals surface area contributed by atoms with Crippen molar-refractivity contribution in [3.63, 3.8) is 0 Å². The number of ether oxygens (including phenoxy) is 1. The van der Waals surface area contributed by atoms with Gasteiger partial charge in [-0.25, -0.2) is 0 Å². The molecule has 3 nitrogen and oxygen atoms in total. The molecule has 13 heteroatoms. The number of fused-ring (bicyclic) bond motifs is 2. The van der Waals surface area contributed by atoms with E-state index in [9.17, 15) is 39.5 Å². The average molecular weight is 744 g/mol. The zero-order chi connectivity index (χ0) is 28.2. The second-order valence-corrected chi connectivity index (χ2v) is 8.36. The van der Waals surface area contributed by atoms with Crippen molar-refractivity contribution < 1.29 is 64.4 Å². The SMILES string of the molecule is FC(F)(F)c1cc(Oc2nnc(-c3[c-]cccc3)c3cc4ccccc4cc23)cc(C(F)(F)F)c1C(F)(F)F.[Ir]. The molecule has 0 saturated heterocycles. The van der Waals surface area contributed by atoms with E-state index in [1.54, 1.807) is 60.7 Å². The quantitative estimate of drug-likeness (QED) is 0.105. The summed E-state index contributed by atoms with van der Waals surface area (Å²) in [6.07, 6.45) is -17.5. The summed E-state index contributed by atoms with van der Waals surface area (Å²) in [5, 5.41) is 9.80. The normalized spacial score (nSPS) is 12.4. The van der Waals surface area contributed by atoms with Crippen molar-refractivity contribution in [2.75, 3.05) is 0 Å². The molecule has 1 heterocycles. The topological polar surface area (TPSA) is 35.0 Å². The summed E-state index contributed by atoms with van der Waals surface area (Å²) in [4.78, 5) is 0. The molecule has 0 amide bonds. The van der Waals surface area contributed by atoms with E-state index in [2.05, 4.69) is 16.3 Å². The molecule has 0 spiro atoms. The fourth-order valence-electron chi connectivity index (χ4n) is 4.17. The van der Waals surface area contributed by atoms with Gasteiger partial charge in [-0.1, -0.05) is 30.3 Å². The first-order chi connectivity index (χ1) is 18.2. The van der Waals surface area contributed by atoms with Gasteiger partial charge in [0.2, 0.25) is 5.88 Å². The number of hydrogen-bond donors (Lipinski definition) is 0. The first kappa shape index (κ1) is 29.3. The molecule has 4 aromatic carbocycles. The predicted molar refractivity (Wildman–Crippen MR) is 123 cm³/mol. The molecule has 5 rings (SSSR count). The van der Waals surface area contributed by atoms with Crippen LogP contribution in [0.1, 0.15) is 16.7 Å². The molecular weight excluding hydrogens is 732 g/mol. The number of halogens is 9. The fourth-order valence-corrected chi connectivity index (χ4v) is 4.17. The Morgan fingerprint density at radius 3 is 1.68 bits per heavy atom. The van der Waals surface area contributed by atoms with Crippen molar-refractivity contribution in [3.8, 4) is 22.9 Å². The molecule has 0 saturated carbocycles. The second kappa shape index (κ2) is 10.4. The van der Waals surface area contributed by atoms with E-state index in [1.807, 2.05) is 0 Å². The number of rotatable bonds is 3. The third-order valence-corrected chi connectivity index (χ3v) is 5.80. The van der Waals surface area contributed by atoms with Crippen LogP contribution in [0.4, 0.5) is 39.5 Å². The van der Waals surface area contributed by atoms with Gasteiger partial charge in [-0.15, -0.1) is 41.0 Å². The number of benzene rings is 4. The van der Waals surface area contributed by atoms with Crippen LogP contribution in [0.5, 0.6) is 11.6 Å². The van der Waals surface area contributed by atoms with Crippen LogP contribution in [0.3, 0.4) is 0 Å². The summed E-state index contributed by atoms with van der Waals surface area (Å²) < 4.78 is 127. The number of hydrogen-bond acceptors (Lipinski definition) is 3. The maximum Gasteiger partial charge on any atom is 0.417 e. The van der Waals surface area contributed by atoms with Crippen molar-refractivity contribution >= 4 is 21.5 Å². The fraction of sp³-hybridized carbons (Fsp3) is 0.111. The van der Waals surface area contributed by atoms with Crippen LogP contribution >= 0.6 is 0 Å². The van der Waals surface area contributed by atoms with Gasteiger partial charge in [-0.2, -0.15) is 44.6 Å². The zero-order valence-corrected chi connectivity index (χ0v) is 21.9. The molecule has 0 aliphatic rings. The first-order valence-corrected chi connectivity index (χ1v) is 11.0. The zero-order valence-electron chi connectivity index (χ0n) is 19.5. The van der Waals surface area contributed by atoms with E-state index < -0.39 is 46.8 Å². The standard InChI is InChI=1S/C27H12F9N2O.Ir/c28-25(29,30)20-12-17(13-21(26(31,32)33)22(20)27(34,35)36)39-24-19-11-16-9-5-4-8-15(16)10-18(19)23(37-38-24)14-6-2-1-3-7-14;/h1-6,8-13H;/q-1;. The largest absolute Gasteiger partial charge is 0.437 e. The summed E-state index contributed by atoms with van der Waals surface area (Å²) in [5.41, 5.74) is -7.16. The van der Waals surface area contributed by atoms with E-state index in [0.29, 0.717) is 22.0 Å². The van der Waals surface area contributed by atoms with Crippen molar-refractivity contribution in [3.05, 3.63) is 95.6 Å². The van der Waals surface area contributed by atoms with Crippen LogP contribution in [-0.4, -0.2) is 10.2 Å². The Morgan fingerprint density at radius 1 is 0.625 bits per heavy atom. The van der Waals surface area contributed by atoms with Crippen molar-refractivity contribution in [2.24, 2.45) is 0 Å². The van der Waals surface area contributed by atoms with Crippen LogP contribution in [-0.2, 0) is 38.6 Å². The smallest absolute Gasteiger partial charge is 0.417 e. The van der Waals surface area contributed by atoms with Gasteiger partial charge >= 0.3 is 18.5 Å². The van der Waals surface area contributed by atoms with Crippen molar-refractivity contribution in [1.29, 1.82) is 0 Å². The van der Waals surface area contributed by atoms with E-state index in [4.69, 9.17) is 4.74 Å². The minimum Gasteiger partial charge on any atom is -0.437 e. The van der Waals surface area contributed by atoms with Crippen molar-refractivity contribution in [2.45, 2.75) is 18.5 Å². The Kier molecular flexibility index (Phi) is 7.59. The summed E-state index contributed by atoms with van der Waals surface area (Å²) in [7, 11) is 0. The molecular formula is C27H12F9IrN2O-. The maximum absolute atomic E-state index is 13.6. The molecule has 1 aromatic heterocycles. The molecule has 0 unspecified atom stereocenters. The Balaban J connectivity index is 0.00000370. The Morgan fingerprint density at radius 2 is 1.18 bits per heavy atom. The summed E-state index contributed by atoms with van der Waals surface area (Å²) in [5.74, 6) is -1.65.